The van der Waals surface area contributed by atoms with Crippen LogP contribution in [0.1, 0.15) is 10.4 Å². The van der Waals surface area contributed by atoms with Gasteiger partial charge in [-0.25, -0.2) is 4.39 Å². The highest BCUT2D eigenvalue weighted by molar-refractivity contribution is 5.94. The lowest BCUT2D eigenvalue weighted by Gasteiger charge is -2.30. The Morgan fingerprint density at radius 3 is 2.65 bits per heavy atom. The second-order valence-electron chi connectivity index (χ2n) is 6.39. The van der Waals surface area contributed by atoms with Gasteiger partial charge in [0.1, 0.15) is 0 Å². The van der Waals surface area contributed by atoms with Gasteiger partial charge in [-0.05, 0) is 42.4 Å². The summed E-state index contributed by atoms with van der Waals surface area (Å²) in [7, 11) is 3.47. The highest BCUT2D eigenvalue weighted by atomic mass is 19.1. The SMILES string of the molecule is COc1ccc(-c2ccc(C(=O)NC[C@@H]3CN(C)CCO3)cc2)cc1F. The molecule has 1 aliphatic rings. The van der Waals surface area contributed by atoms with Gasteiger partial charge >= 0.3 is 0 Å². The third-order valence-corrected chi connectivity index (χ3v) is 4.46. The fraction of sp³-hybridized carbons (Fsp3) is 0.350. The summed E-state index contributed by atoms with van der Waals surface area (Å²) in [5, 5.41) is 2.91. The van der Waals surface area contributed by atoms with E-state index in [0.29, 0.717) is 18.7 Å². The molecule has 1 amide bonds. The van der Waals surface area contributed by atoms with Gasteiger partial charge in [0.15, 0.2) is 11.6 Å². The van der Waals surface area contributed by atoms with E-state index >= 15 is 0 Å². The number of amides is 1. The summed E-state index contributed by atoms with van der Waals surface area (Å²) < 4.78 is 24.4. The van der Waals surface area contributed by atoms with Gasteiger partial charge in [-0.3, -0.25) is 4.79 Å². The first-order chi connectivity index (χ1) is 12.6. The Hall–Kier alpha value is -2.44. The Balaban J connectivity index is 1.61. The largest absolute Gasteiger partial charge is 0.494 e. The molecule has 1 saturated heterocycles. The number of rotatable bonds is 5. The Morgan fingerprint density at radius 1 is 1.27 bits per heavy atom. The van der Waals surface area contributed by atoms with E-state index in [1.54, 1.807) is 36.4 Å². The fourth-order valence-electron chi connectivity index (χ4n) is 2.96. The van der Waals surface area contributed by atoms with Crippen LogP contribution in [0.3, 0.4) is 0 Å². The number of halogens is 1. The number of hydrogen-bond acceptors (Lipinski definition) is 4. The maximum atomic E-state index is 13.8. The lowest BCUT2D eigenvalue weighted by atomic mass is 10.0. The Kier molecular flexibility index (Phi) is 5.85. The van der Waals surface area contributed by atoms with E-state index in [1.165, 1.54) is 13.2 Å². The van der Waals surface area contributed by atoms with Gasteiger partial charge in [0.05, 0.1) is 19.8 Å². The molecule has 2 aromatic rings. The number of nitrogens with zero attached hydrogens (tertiary/aromatic N) is 1. The van der Waals surface area contributed by atoms with Crippen LogP contribution in [0.2, 0.25) is 0 Å². The van der Waals surface area contributed by atoms with Gasteiger partial charge in [-0.1, -0.05) is 18.2 Å². The van der Waals surface area contributed by atoms with Crippen molar-refractivity contribution in [2.75, 3.05) is 40.4 Å². The van der Waals surface area contributed by atoms with Crippen molar-refractivity contribution < 1.29 is 18.7 Å². The molecule has 1 N–H and O–H groups in total. The molecule has 1 heterocycles. The van der Waals surface area contributed by atoms with E-state index < -0.39 is 5.82 Å². The van der Waals surface area contributed by atoms with Gasteiger partial charge < -0.3 is 19.7 Å². The summed E-state index contributed by atoms with van der Waals surface area (Å²) in [4.78, 5) is 14.5. The number of methoxy groups -OCH3 is 1. The molecule has 3 rings (SSSR count). The number of morpholine rings is 1. The van der Waals surface area contributed by atoms with E-state index in [4.69, 9.17) is 9.47 Å². The van der Waals surface area contributed by atoms with Crippen LogP contribution in [-0.4, -0.2) is 57.3 Å². The molecule has 1 fully saturated rings. The van der Waals surface area contributed by atoms with Crippen molar-refractivity contribution in [3.05, 3.63) is 53.8 Å². The number of ether oxygens (including phenoxy) is 2. The third-order valence-electron chi connectivity index (χ3n) is 4.46. The molecule has 26 heavy (non-hydrogen) atoms. The van der Waals surface area contributed by atoms with Crippen molar-refractivity contribution in [3.8, 4) is 16.9 Å². The molecule has 1 aliphatic heterocycles. The molecular formula is C20H23FN2O3. The molecule has 0 unspecified atom stereocenters. The summed E-state index contributed by atoms with van der Waals surface area (Å²) in [5.74, 6) is -0.348. The molecule has 5 nitrogen and oxygen atoms in total. The normalized spacial score (nSPS) is 17.7. The van der Waals surface area contributed by atoms with E-state index in [0.717, 1.165) is 24.2 Å². The number of carbonyl (C=O) groups excluding carboxylic acids is 1. The lowest BCUT2D eigenvalue weighted by Crippen LogP contribution is -2.45. The van der Waals surface area contributed by atoms with Crippen LogP contribution >= 0.6 is 0 Å². The van der Waals surface area contributed by atoms with Crippen LogP contribution in [0.5, 0.6) is 5.75 Å². The Labute approximate surface area is 152 Å². The molecule has 0 aliphatic carbocycles. The summed E-state index contributed by atoms with van der Waals surface area (Å²) >= 11 is 0. The van der Waals surface area contributed by atoms with E-state index in [1.807, 2.05) is 7.05 Å². The molecule has 6 heteroatoms. The molecule has 0 aromatic heterocycles. The van der Waals surface area contributed by atoms with Crippen LogP contribution in [-0.2, 0) is 4.74 Å². The maximum Gasteiger partial charge on any atom is 0.251 e. The van der Waals surface area contributed by atoms with Crippen molar-refractivity contribution >= 4 is 5.91 Å². The van der Waals surface area contributed by atoms with Gasteiger partial charge in [-0.15, -0.1) is 0 Å². The first-order valence-corrected chi connectivity index (χ1v) is 8.59. The van der Waals surface area contributed by atoms with Crippen LogP contribution in [0, 0.1) is 5.82 Å². The second kappa shape index (κ2) is 8.29. The van der Waals surface area contributed by atoms with Crippen LogP contribution in [0.15, 0.2) is 42.5 Å². The van der Waals surface area contributed by atoms with Crippen molar-refractivity contribution in [3.63, 3.8) is 0 Å². The molecule has 0 bridgehead atoms. The minimum Gasteiger partial charge on any atom is -0.494 e. The average molecular weight is 358 g/mol. The summed E-state index contributed by atoms with van der Waals surface area (Å²) in [6, 6.07) is 11.9. The number of hydrogen-bond donors (Lipinski definition) is 1. The lowest BCUT2D eigenvalue weighted by molar-refractivity contribution is -0.0175. The topological polar surface area (TPSA) is 50.8 Å². The number of carbonyl (C=O) groups is 1. The zero-order valence-corrected chi connectivity index (χ0v) is 15.0. The van der Waals surface area contributed by atoms with E-state index in [-0.39, 0.29) is 17.8 Å². The van der Waals surface area contributed by atoms with Crippen LogP contribution in [0.25, 0.3) is 11.1 Å². The Bertz CT molecular complexity index is 764. The molecule has 2 aromatic carbocycles. The van der Waals surface area contributed by atoms with Crippen molar-refractivity contribution in [2.45, 2.75) is 6.10 Å². The first kappa shape index (κ1) is 18.4. The molecule has 138 valence electrons. The third kappa shape index (κ3) is 4.39. The first-order valence-electron chi connectivity index (χ1n) is 8.59. The molecular weight excluding hydrogens is 335 g/mol. The van der Waals surface area contributed by atoms with Gasteiger partial charge in [0.2, 0.25) is 0 Å². The smallest absolute Gasteiger partial charge is 0.251 e. The van der Waals surface area contributed by atoms with E-state index in [9.17, 15) is 9.18 Å². The fourth-order valence-corrected chi connectivity index (χ4v) is 2.96. The predicted molar refractivity (Wildman–Crippen MR) is 98.0 cm³/mol. The maximum absolute atomic E-state index is 13.8. The number of benzene rings is 2. The minimum atomic E-state index is -0.413. The average Bonchev–Trinajstić information content (AvgIpc) is 2.66. The molecule has 0 saturated carbocycles. The summed E-state index contributed by atoms with van der Waals surface area (Å²) in [6.07, 6.45) is 0.0132. The monoisotopic (exact) mass is 358 g/mol. The zero-order chi connectivity index (χ0) is 18.5. The van der Waals surface area contributed by atoms with Crippen LogP contribution < -0.4 is 10.1 Å². The zero-order valence-electron chi connectivity index (χ0n) is 15.0. The van der Waals surface area contributed by atoms with Crippen molar-refractivity contribution in [2.24, 2.45) is 0 Å². The van der Waals surface area contributed by atoms with Crippen LogP contribution in [0.4, 0.5) is 4.39 Å². The van der Waals surface area contributed by atoms with Gasteiger partial charge in [-0.2, -0.15) is 0 Å². The summed E-state index contributed by atoms with van der Waals surface area (Å²) in [6.45, 7) is 2.89. The predicted octanol–water partition coefficient (Wildman–Crippen LogP) is 2.56. The van der Waals surface area contributed by atoms with Gasteiger partial charge in [0, 0.05) is 25.2 Å². The summed E-state index contributed by atoms with van der Waals surface area (Å²) in [5.41, 5.74) is 2.13. The quantitative estimate of drug-likeness (QED) is 0.893. The number of nitrogens with one attached hydrogen (secondary N) is 1. The highest BCUT2D eigenvalue weighted by Crippen LogP contribution is 2.25. The van der Waals surface area contributed by atoms with Crippen molar-refractivity contribution in [1.29, 1.82) is 0 Å². The minimum absolute atomic E-state index is 0.0132. The highest BCUT2D eigenvalue weighted by Gasteiger charge is 2.18. The molecule has 0 spiro atoms. The molecule has 1 atom stereocenters. The standard InChI is InChI=1S/C20H23FN2O3/c1-23-9-10-26-17(13-23)12-22-20(24)15-5-3-14(4-6-15)16-7-8-19(25-2)18(21)11-16/h3-8,11,17H,9-10,12-13H2,1-2H3,(H,22,24)/t17-/m1/s1. The van der Waals surface area contributed by atoms with E-state index in [2.05, 4.69) is 10.2 Å². The number of likely N-dealkylation sites (N-methyl/N-ethyl adjacent to an activating group) is 1. The van der Waals surface area contributed by atoms with Gasteiger partial charge in [0.25, 0.3) is 5.91 Å². The molecule has 0 radical (unpaired) electrons. The Morgan fingerprint density at radius 2 is 2.00 bits per heavy atom. The second-order valence-corrected chi connectivity index (χ2v) is 6.39. The van der Waals surface area contributed by atoms with Crippen molar-refractivity contribution in [1.82, 2.24) is 10.2 Å².